The van der Waals surface area contributed by atoms with Gasteiger partial charge in [-0.1, -0.05) is 47.6 Å². The van der Waals surface area contributed by atoms with Crippen molar-refractivity contribution in [2.75, 3.05) is 26.2 Å². The first kappa shape index (κ1) is 25.4. The molecule has 2 aromatic carbocycles. The summed E-state index contributed by atoms with van der Waals surface area (Å²) >= 11 is 0. The van der Waals surface area contributed by atoms with Gasteiger partial charge in [0.15, 0.2) is 0 Å². The van der Waals surface area contributed by atoms with Crippen molar-refractivity contribution in [2.24, 2.45) is 5.16 Å². The Morgan fingerprint density at radius 1 is 1.19 bits per heavy atom. The van der Waals surface area contributed by atoms with Crippen LogP contribution in [0.5, 0.6) is 0 Å². The molecule has 0 radical (unpaired) electrons. The number of oxime groups is 1. The molecule has 1 N–H and O–H groups in total. The van der Waals surface area contributed by atoms with Crippen LogP contribution in [-0.4, -0.2) is 47.9 Å². The van der Waals surface area contributed by atoms with E-state index in [1.165, 1.54) is 6.07 Å². The Bertz CT molecular complexity index is 1010. The third-order valence-electron chi connectivity index (χ3n) is 5.02. The molecule has 3 rings (SSSR count). The Morgan fingerprint density at radius 3 is 2.62 bits per heavy atom. The second-order valence-corrected chi connectivity index (χ2v) is 7.27. The van der Waals surface area contributed by atoms with Gasteiger partial charge < -0.3 is 9.94 Å². The van der Waals surface area contributed by atoms with Crippen molar-refractivity contribution in [2.45, 2.75) is 19.5 Å². The summed E-state index contributed by atoms with van der Waals surface area (Å²) in [7, 11) is 0. The normalized spacial score (nSPS) is 15.0. The van der Waals surface area contributed by atoms with Gasteiger partial charge in [0.2, 0.25) is 0 Å². The minimum atomic E-state index is -4.46. The highest BCUT2D eigenvalue weighted by atomic mass is 35.5. The zero-order chi connectivity index (χ0) is 22.4. The van der Waals surface area contributed by atoms with Gasteiger partial charge in [-0.2, -0.15) is 13.2 Å². The van der Waals surface area contributed by atoms with E-state index in [9.17, 15) is 18.0 Å². The number of halogens is 4. The van der Waals surface area contributed by atoms with E-state index in [0.29, 0.717) is 48.5 Å². The number of aryl methyl sites for hydroxylation is 1. The molecule has 5 nitrogen and oxygen atoms in total. The van der Waals surface area contributed by atoms with Gasteiger partial charge in [-0.05, 0) is 31.0 Å². The van der Waals surface area contributed by atoms with E-state index in [1.54, 1.807) is 24.3 Å². The number of hydrogen-bond donors (Lipinski definition) is 1. The molecule has 0 bridgehead atoms. The Morgan fingerprint density at radius 2 is 1.94 bits per heavy atom. The fraction of sp³-hybridized carbons (Fsp3) is 0.304. The summed E-state index contributed by atoms with van der Waals surface area (Å²) in [4.78, 5) is 18.6. The molecule has 1 aliphatic rings. The van der Waals surface area contributed by atoms with Gasteiger partial charge in [0.1, 0.15) is 12.3 Å². The zero-order valence-electron chi connectivity index (χ0n) is 17.4. The van der Waals surface area contributed by atoms with Crippen LogP contribution in [-0.2, 0) is 15.8 Å². The van der Waals surface area contributed by atoms with Gasteiger partial charge in [0.25, 0.3) is 0 Å². The minimum absolute atomic E-state index is 0. The van der Waals surface area contributed by atoms with Crippen LogP contribution in [0.15, 0.2) is 65.3 Å². The highest BCUT2D eigenvalue weighted by molar-refractivity contribution is 6.13. The Kier molecular flexibility index (Phi) is 8.86. The number of aliphatic carboxylic acids is 1. The number of carboxylic acid groups (broad SMARTS) is 1. The number of carboxylic acids is 1. The van der Waals surface area contributed by atoms with Crippen molar-refractivity contribution in [3.63, 3.8) is 0 Å². The zero-order valence-corrected chi connectivity index (χ0v) is 18.2. The molecular weight excluding hydrogens is 445 g/mol. The maximum absolute atomic E-state index is 13.2. The van der Waals surface area contributed by atoms with E-state index < -0.39 is 17.7 Å². The first-order chi connectivity index (χ1) is 14.8. The van der Waals surface area contributed by atoms with E-state index in [2.05, 4.69) is 5.16 Å². The van der Waals surface area contributed by atoms with E-state index >= 15 is 0 Å². The molecule has 0 amide bonds. The monoisotopic (exact) mass is 468 g/mol. The van der Waals surface area contributed by atoms with Crippen LogP contribution in [0.2, 0.25) is 0 Å². The SMILES string of the molecule is Cc1ccccc1/C(=N\OCCN1CCC=C(C(=O)O)C1)c1cccc(C(F)(F)F)c1.Cl. The summed E-state index contributed by atoms with van der Waals surface area (Å²) in [6.07, 6.45) is -2.11. The maximum Gasteiger partial charge on any atom is 0.416 e. The second-order valence-electron chi connectivity index (χ2n) is 7.27. The standard InChI is InChI=1S/C23H23F3N2O3.ClH/c1-16-6-2-3-10-20(16)21(17-7-4-9-19(14-17)23(24,25)26)27-31-13-12-28-11-5-8-18(15-28)22(29)30;/h2-4,6-10,14H,5,11-13,15H2,1H3,(H,29,30);1H/b27-21-;. The molecule has 0 saturated carbocycles. The molecule has 9 heteroatoms. The fourth-order valence-electron chi connectivity index (χ4n) is 3.37. The Balaban J connectivity index is 0.00000363. The molecule has 0 fully saturated rings. The number of alkyl halides is 3. The number of carbonyl (C=O) groups is 1. The van der Waals surface area contributed by atoms with E-state index in [1.807, 2.05) is 24.0 Å². The number of rotatable bonds is 7. The predicted molar refractivity (Wildman–Crippen MR) is 118 cm³/mol. The van der Waals surface area contributed by atoms with Crippen molar-refractivity contribution in [1.82, 2.24) is 4.90 Å². The molecular formula is C23H24ClF3N2O3. The van der Waals surface area contributed by atoms with Gasteiger partial charge >= 0.3 is 12.1 Å². The summed E-state index contributed by atoms with van der Waals surface area (Å²) in [5.41, 5.74) is 1.74. The first-order valence-electron chi connectivity index (χ1n) is 9.84. The van der Waals surface area contributed by atoms with Crippen LogP contribution in [0, 0.1) is 6.92 Å². The van der Waals surface area contributed by atoms with Gasteiger partial charge in [0, 0.05) is 36.3 Å². The average Bonchev–Trinajstić information content (AvgIpc) is 2.74. The van der Waals surface area contributed by atoms with Gasteiger partial charge in [-0.15, -0.1) is 12.4 Å². The van der Waals surface area contributed by atoms with Crippen LogP contribution < -0.4 is 0 Å². The third kappa shape index (κ3) is 6.58. The summed E-state index contributed by atoms with van der Waals surface area (Å²) in [6, 6.07) is 12.3. The first-order valence-corrected chi connectivity index (χ1v) is 9.84. The van der Waals surface area contributed by atoms with Crippen molar-refractivity contribution in [1.29, 1.82) is 0 Å². The second kappa shape index (κ2) is 11.2. The van der Waals surface area contributed by atoms with Gasteiger partial charge in [-0.3, -0.25) is 4.90 Å². The van der Waals surface area contributed by atoms with E-state index in [4.69, 9.17) is 9.94 Å². The molecule has 172 valence electrons. The van der Waals surface area contributed by atoms with Crippen LogP contribution in [0.1, 0.15) is 28.7 Å². The molecule has 0 atom stereocenters. The van der Waals surface area contributed by atoms with Crippen LogP contribution >= 0.6 is 12.4 Å². The van der Waals surface area contributed by atoms with Crippen molar-refractivity contribution >= 4 is 24.1 Å². The molecule has 32 heavy (non-hydrogen) atoms. The molecule has 0 unspecified atom stereocenters. The Hall–Kier alpha value is -2.84. The maximum atomic E-state index is 13.2. The summed E-state index contributed by atoms with van der Waals surface area (Å²) in [5.74, 6) is -0.935. The third-order valence-corrected chi connectivity index (χ3v) is 5.02. The lowest BCUT2D eigenvalue weighted by Gasteiger charge is -2.24. The number of nitrogens with zero attached hydrogens (tertiary/aromatic N) is 2. The Labute approximate surface area is 190 Å². The lowest BCUT2D eigenvalue weighted by atomic mass is 9.97. The average molecular weight is 469 g/mol. The van der Waals surface area contributed by atoms with Crippen LogP contribution in [0.25, 0.3) is 0 Å². The molecule has 0 aliphatic carbocycles. The number of benzene rings is 2. The van der Waals surface area contributed by atoms with Crippen molar-refractivity contribution < 1.29 is 27.9 Å². The molecule has 0 saturated heterocycles. The molecule has 2 aromatic rings. The summed E-state index contributed by atoms with van der Waals surface area (Å²) in [6.45, 7) is 3.52. The number of hydrogen-bond acceptors (Lipinski definition) is 4. The molecule has 1 aliphatic heterocycles. The lowest BCUT2D eigenvalue weighted by molar-refractivity contribution is -0.137. The highest BCUT2D eigenvalue weighted by Gasteiger charge is 2.31. The summed E-state index contributed by atoms with van der Waals surface area (Å²) in [5, 5.41) is 13.3. The molecule has 0 aromatic heterocycles. The quantitative estimate of drug-likeness (QED) is 0.356. The van der Waals surface area contributed by atoms with Crippen LogP contribution in [0.3, 0.4) is 0 Å². The smallest absolute Gasteiger partial charge is 0.416 e. The van der Waals surface area contributed by atoms with Gasteiger partial charge in [-0.25, -0.2) is 4.79 Å². The van der Waals surface area contributed by atoms with Crippen molar-refractivity contribution in [3.05, 3.63) is 82.4 Å². The van der Waals surface area contributed by atoms with Crippen molar-refractivity contribution in [3.8, 4) is 0 Å². The van der Waals surface area contributed by atoms with Gasteiger partial charge in [0.05, 0.1) is 5.56 Å². The minimum Gasteiger partial charge on any atom is -0.478 e. The fourth-order valence-corrected chi connectivity index (χ4v) is 3.37. The molecule has 0 spiro atoms. The highest BCUT2D eigenvalue weighted by Crippen LogP contribution is 2.30. The lowest BCUT2D eigenvalue weighted by Crippen LogP contribution is -2.34. The van der Waals surface area contributed by atoms with Crippen LogP contribution in [0.4, 0.5) is 13.2 Å². The van der Waals surface area contributed by atoms with E-state index in [0.717, 1.165) is 17.7 Å². The van der Waals surface area contributed by atoms with E-state index in [-0.39, 0.29) is 19.0 Å². The predicted octanol–water partition coefficient (Wildman–Crippen LogP) is 4.92. The summed E-state index contributed by atoms with van der Waals surface area (Å²) < 4.78 is 39.6. The molecule has 1 heterocycles. The largest absolute Gasteiger partial charge is 0.478 e. The topological polar surface area (TPSA) is 62.1 Å².